The van der Waals surface area contributed by atoms with Crippen LogP contribution in [0.25, 0.3) is 10.9 Å². The van der Waals surface area contributed by atoms with Crippen molar-refractivity contribution in [1.29, 1.82) is 5.41 Å². The smallest absolute Gasteiger partial charge is 0.305 e. The number of amides is 3. The Hall–Kier alpha value is -4.41. The number of aliphatic carboxylic acids is 1. The Morgan fingerprint density at radius 3 is 2.40 bits per heavy atom. The molecule has 1 saturated heterocycles. The number of nitrogens with zero attached hydrogens (tertiary/aromatic N) is 1. The second kappa shape index (κ2) is 17.8. The maximum absolute atomic E-state index is 13.4. The highest BCUT2D eigenvalue weighted by Crippen LogP contribution is 2.21. The predicted octanol–water partition coefficient (Wildman–Crippen LogP) is 1.64. The van der Waals surface area contributed by atoms with E-state index in [2.05, 4.69) is 39.1 Å². The molecule has 2 aromatic rings. The number of hydrogen-bond acceptors (Lipinski definition) is 7. The van der Waals surface area contributed by atoms with Crippen molar-refractivity contribution in [3.8, 4) is 12.8 Å². The van der Waals surface area contributed by atoms with Gasteiger partial charge >= 0.3 is 5.97 Å². The fraction of sp³-hybridized carbons (Fsp3) is 0.531. The first-order valence-electron chi connectivity index (χ1n) is 15.2. The van der Waals surface area contributed by atoms with Gasteiger partial charge in [0.2, 0.25) is 17.7 Å². The Morgan fingerprint density at radius 1 is 1.09 bits per heavy atom. The number of rotatable bonds is 14. The standard InChI is InChI=1S/C30H46N8O5.C2H2/c1-30(2,3)38(32)28(31)23(15-20-17-34-22-9-5-4-8-21(20)22)37-29(43)24(16-27(41)42)36-26(40)18-35-25(39)10-6-7-19-11-13-33-14-12-19;1-2/h4-5,8-9,17,19,23-24,31,33-34H,6-7,10-16,18,32H2,1-3H3,(H,35,39)(H,36,40)(H,37,43)(H,41,42);1-2H. The van der Waals surface area contributed by atoms with Crippen LogP contribution in [0, 0.1) is 24.2 Å². The number of carbonyl (C=O) groups excluding carboxylic acids is 3. The summed E-state index contributed by atoms with van der Waals surface area (Å²) in [5.41, 5.74) is 1.08. The number of terminal acetylenes is 1. The third-order valence-corrected chi connectivity index (χ3v) is 7.68. The first-order chi connectivity index (χ1) is 21.3. The van der Waals surface area contributed by atoms with Crippen molar-refractivity contribution in [2.24, 2.45) is 11.8 Å². The van der Waals surface area contributed by atoms with Crippen LogP contribution in [-0.4, -0.2) is 81.9 Å². The molecule has 2 atom stereocenters. The summed E-state index contributed by atoms with van der Waals surface area (Å²) in [6.07, 6.45) is 13.5. The van der Waals surface area contributed by atoms with Gasteiger partial charge in [0.15, 0.2) is 0 Å². The van der Waals surface area contributed by atoms with E-state index in [1.54, 1.807) is 6.20 Å². The summed E-state index contributed by atoms with van der Waals surface area (Å²) in [5, 5.41) is 31.4. The molecule has 45 heavy (non-hydrogen) atoms. The number of benzene rings is 1. The monoisotopic (exact) mass is 624 g/mol. The third kappa shape index (κ3) is 11.9. The van der Waals surface area contributed by atoms with Crippen molar-refractivity contribution >= 4 is 40.4 Å². The van der Waals surface area contributed by atoms with Crippen LogP contribution in [0.2, 0.25) is 0 Å². The second-order valence-corrected chi connectivity index (χ2v) is 12.1. The first kappa shape index (κ1) is 36.8. The lowest BCUT2D eigenvalue weighted by Gasteiger charge is -2.36. The van der Waals surface area contributed by atoms with Gasteiger partial charge in [-0.2, -0.15) is 0 Å². The fourth-order valence-corrected chi connectivity index (χ4v) is 5.16. The summed E-state index contributed by atoms with van der Waals surface area (Å²) in [4.78, 5) is 53.1. The van der Waals surface area contributed by atoms with Gasteiger partial charge in [-0.1, -0.05) is 18.2 Å². The number of H-pyrrole nitrogens is 1. The van der Waals surface area contributed by atoms with Crippen LogP contribution in [-0.2, 0) is 25.6 Å². The second-order valence-electron chi connectivity index (χ2n) is 12.1. The zero-order chi connectivity index (χ0) is 33.6. The Labute approximate surface area is 264 Å². The normalized spacial score (nSPS) is 14.7. The molecular formula is C32H48N8O5. The number of hydrogen-bond donors (Lipinski definition) is 8. The molecule has 1 aromatic carbocycles. The third-order valence-electron chi connectivity index (χ3n) is 7.68. The summed E-state index contributed by atoms with van der Waals surface area (Å²) in [5.74, 6) is 3.72. The summed E-state index contributed by atoms with van der Waals surface area (Å²) in [7, 11) is 0. The van der Waals surface area contributed by atoms with Gasteiger partial charge in [-0.3, -0.25) is 29.6 Å². The van der Waals surface area contributed by atoms with Crippen molar-refractivity contribution in [3.63, 3.8) is 0 Å². The van der Waals surface area contributed by atoms with Crippen molar-refractivity contribution in [2.45, 2.75) is 83.3 Å². The predicted molar refractivity (Wildman–Crippen MR) is 174 cm³/mol. The van der Waals surface area contributed by atoms with Gasteiger partial charge in [0.05, 0.1) is 19.0 Å². The molecule has 3 rings (SSSR count). The highest BCUT2D eigenvalue weighted by molar-refractivity contribution is 5.96. The number of nitrogens with two attached hydrogens (primary N) is 1. The molecule has 0 aliphatic carbocycles. The van der Waals surface area contributed by atoms with E-state index in [0.717, 1.165) is 55.2 Å². The maximum atomic E-state index is 13.4. The molecule has 13 heteroatoms. The molecule has 1 fully saturated rings. The van der Waals surface area contributed by atoms with Gasteiger partial charge in [-0.05, 0) is 77.1 Å². The Kier molecular flexibility index (Phi) is 14.5. The first-order valence-corrected chi connectivity index (χ1v) is 15.2. The number of fused-ring (bicyclic) bond motifs is 1. The van der Waals surface area contributed by atoms with Gasteiger partial charge in [0, 0.05) is 35.5 Å². The molecule has 1 aromatic heterocycles. The van der Waals surface area contributed by atoms with Crippen LogP contribution >= 0.6 is 0 Å². The van der Waals surface area contributed by atoms with Crippen LogP contribution in [0.15, 0.2) is 30.5 Å². The van der Waals surface area contributed by atoms with E-state index in [0.29, 0.717) is 5.92 Å². The minimum absolute atomic E-state index is 0.0803. The molecule has 0 saturated carbocycles. The lowest BCUT2D eigenvalue weighted by Crippen LogP contribution is -2.60. The summed E-state index contributed by atoms with van der Waals surface area (Å²) >= 11 is 0. The Morgan fingerprint density at radius 2 is 1.76 bits per heavy atom. The zero-order valence-electron chi connectivity index (χ0n) is 26.4. The molecule has 0 bridgehead atoms. The molecule has 9 N–H and O–H groups in total. The maximum Gasteiger partial charge on any atom is 0.305 e. The topological polar surface area (TPSA) is 206 Å². The van der Waals surface area contributed by atoms with E-state index < -0.39 is 41.8 Å². The number of aromatic nitrogens is 1. The molecule has 13 nitrogen and oxygen atoms in total. The number of para-hydroxylation sites is 1. The van der Waals surface area contributed by atoms with Crippen LogP contribution in [0.4, 0.5) is 0 Å². The lowest BCUT2D eigenvalue weighted by atomic mass is 9.92. The van der Waals surface area contributed by atoms with E-state index in [4.69, 9.17) is 11.3 Å². The highest BCUT2D eigenvalue weighted by atomic mass is 16.4. The number of carbonyl (C=O) groups is 4. The van der Waals surface area contributed by atoms with Crippen molar-refractivity contribution < 1.29 is 24.3 Å². The van der Waals surface area contributed by atoms with Gasteiger partial charge in [-0.25, -0.2) is 5.84 Å². The van der Waals surface area contributed by atoms with Crippen LogP contribution in [0.1, 0.15) is 64.9 Å². The van der Waals surface area contributed by atoms with E-state index in [9.17, 15) is 24.3 Å². The molecule has 3 amide bonds. The van der Waals surface area contributed by atoms with Gasteiger partial charge in [0.1, 0.15) is 11.9 Å². The largest absolute Gasteiger partial charge is 0.481 e. The van der Waals surface area contributed by atoms with Crippen LogP contribution in [0.5, 0.6) is 0 Å². The minimum atomic E-state index is -1.43. The zero-order valence-corrected chi connectivity index (χ0v) is 26.4. The Bertz CT molecular complexity index is 1330. The van der Waals surface area contributed by atoms with Crippen molar-refractivity contribution in [3.05, 3.63) is 36.0 Å². The number of piperidine rings is 1. The highest BCUT2D eigenvalue weighted by Gasteiger charge is 2.32. The molecular weight excluding hydrogens is 576 g/mol. The van der Waals surface area contributed by atoms with Crippen LogP contribution in [0.3, 0.4) is 0 Å². The van der Waals surface area contributed by atoms with E-state index in [-0.39, 0.29) is 31.1 Å². The number of nitrogens with one attached hydrogen (secondary N) is 6. The average Bonchev–Trinajstić information content (AvgIpc) is 3.42. The summed E-state index contributed by atoms with van der Waals surface area (Å²) in [6, 6.07) is 5.25. The Balaban J connectivity index is 0.00000345. The van der Waals surface area contributed by atoms with Crippen molar-refractivity contribution in [2.75, 3.05) is 19.6 Å². The number of carboxylic acids is 1. The van der Waals surface area contributed by atoms with Gasteiger partial charge in [0.25, 0.3) is 0 Å². The van der Waals surface area contributed by atoms with Crippen LogP contribution < -0.4 is 27.1 Å². The van der Waals surface area contributed by atoms with Gasteiger partial charge in [-0.15, -0.1) is 12.8 Å². The van der Waals surface area contributed by atoms with Gasteiger partial charge < -0.3 is 31.4 Å². The molecule has 2 unspecified atom stereocenters. The molecule has 2 heterocycles. The van der Waals surface area contributed by atoms with E-state index in [1.165, 1.54) is 5.01 Å². The number of amidine groups is 1. The van der Waals surface area contributed by atoms with E-state index >= 15 is 0 Å². The summed E-state index contributed by atoms with van der Waals surface area (Å²) in [6.45, 7) is 7.07. The lowest BCUT2D eigenvalue weighted by molar-refractivity contribution is -0.140. The molecule has 0 radical (unpaired) electrons. The molecule has 1 aliphatic heterocycles. The van der Waals surface area contributed by atoms with E-state index in [1.807, 2.05) is 45.0 Å². The number of carboxylic acid groups (broad SMARTS) is 1. The number of hydrazine groups is 1. The fourth-order valence-electron chi connectivity index (χ4n) is 5.16. The quantitative estimate of drug-likeness (QED) is 0.0509. The SMILES string of the molecule is C#C.CC(C)(C)N(N)C(=N)C(Cc1c[nH]c2ccccc12)NC(=O)C(CC(=O)O)NC(=O)CNC(=O)CCCC1CCNCC1. The molecule has 0 spiro atoms. The minimum Gasteiger partial charge on any atom is -0.481 e. The van der Waals surface area contributed by atoms with Crippen molar-refractivity contribution in [1.82, 2.24) is 31.3 Å². The average molecular weight is 625 g/mol. The molecule has 1 aliphatic rings. The number of aromatic amines is 1. The summed E-state index contributed by atoms with van der Waals surface area (Å²) < 4.78 is 0. The molecule has 246 valence electrons.